The molecule has 11 nitrogen and oxygen atoms in total. The van der Waals surface area contributed by atoms with Gasteiger partial charge in [-0.15, -0.1) is 0 Å². The summed E-state index contributed by atoms with van der Waals surface area (Å²) in [5.74, 6) is 2.04. The number of ether oxygens (including phenoxy) is 3. The fourth-order valence-corrected chi connectivity index (χ4v) is 4.25. The molecule has 4 aromatic rings. The van der Waals surface area contributed by atoms with Crippen molar-refractivity contribution in [2.75, 3.05) is 31.9 Å². The molecule has 11 heteroatoms. The van der Waals surface area contributed by atoms with Gasteiger partial charge in [-0.05, 0) is 37.1 Å². The topological polar surface area (TPSA) is 146 Å². The normalized spacial score (nSPS) is 13.7. The molecule has 5 rings (SSSR count). The first-order chi connectivity index (χ1) is 17.8. The molecule has 0 bridgehead atoms. The summed E-state index contributed by atoms with van der Waals surface area (Å²) in [6.07, 6.45) is 4.07. The zero-order valence-electron chi connectivity index (χ0n) is 20.7. The maximum atomic E-state index is 11.0. The summed E-state index contributed by atoms with van der Waals surface area (Å²) in [5.41, 5.74) is 9.36. The smallest absolute Gasteiger partial charge is 0.405 e. The van der Waals surface area contributed by atoms with Crippen LogP contribution in [0.15, 0.2) is 48.8 Å². The van der Waals surface area contributed by atoms with Gasteiger partial charge >= 0.3 is 6.09 Å². The molecule has 1 amide bonds. The van der Waals surface area contributed by atoms with Crippen molar-refractivity contribution in [1.29, 1.82) is 0 Å². The van der Waals surface area contributed by atoms with E-state index in [1.165, 1.54) is 7.11 Å². The second-order valence-corrected chi connectivity index (χ2v) is 9.02. The van der Waals surface area contributed by atoms with Crippen LogP contribution in [0.1, 0.15) is 12.8 Å². The van der Waals surface area contributed by atoms with Crippen LogP contribution in [-0.4, -0.2) is 52.1 Å². The Morgan fingerprint density at radius 2 is 1.97 bits per heavy atom. The second-order valence-electron chi connectivity index (χ2n) is 9.02. The van der Waals surface area contributed by atoms with Crippen molar-refractivity contribution in [2.24, 2.45) is 7.05 Å². The number of carbonyl (C=O) groups is 1. The third-order valence-corrected chi connectivity index (χ3v) is 6.44. The largest absolute Gasteiger partial charge is 0.497 e. The summed E-state index contributed by atoms with van der Waals surface area (Å²) in [6, 6.07) is 11.1. The van der Waals surface area contributed by atoms with Gasteiger partial charge in [0.25, 0.3) is 0 Å². The highest BCUT2D eigenvalue weighted by Crippen LogP contribution is 2.40. The van der Waals surface area contributed by atoms with Crippen LogP contribution in [0.3, 0.4) is 0 Å². The summed E-state index contributed by atoms with van der Waals surface area (Å²) in [4.78, 5) is 20.1. The minimum Gasteiger partial charge on any atom is -0.497 e. The van der Waals surface area contributed by atoms with Crippen molar-refractivity contribution in [3.63, 3.8) is 0 Å². The van der Waals surface area contributed by atoms with Gasteiger partial charge in [-0.1, -0.05) is 0 Å². The van der Waals surface area contributed by atoms with Crippen molar-refractivity contribution in [3.05, 3.63) is 48.8 Å². The van der Waals surface area contributed by atoms with Gasteiger partial charge in [-0.2, -0.15) is 0 Å². The molecule has 0 atom stereocenters. The van der Waals surface area contributed by atoms with Crippen molar-refractivity contribution in [1.82, 2.24) is 19.9 Å². The van der Waals surface area contributed by atoms with E-state index in [0.29, 0.717) is 41.7 Å². The Bertz CT molecular complexity index is 1480. The van der Waals surface area contributed by atoms with Crippen LogP contribution < -0.4 is 30.6 Å². The first-order valence-electron chi connectivity index (χ1n) is 11.7. The number of rotatable bonds is 9. The van der Waals surface area contributed by atoms with Crippen LogP contribution in [0.4, 0.5) is 22.1 Å². The van der Waals surface area contributed by atoms with Gasteiger partial charge in [0.15, 0.2) is 0 Å². The molecular weight excluding hydrogens is 476 g/mol. The van der Waals surface area contributed by atoms with E-state index in [2.05, 4.69) is 15.6 Å². The minimum absolute atomic E-state index is 0.182. The summed E-state index contributed by atoms with van der Waals surface area (Å²) < 4.78 is 18.8. The number of amides is 1. The van der Waals surface area contributed by atoms with E-state index in [-0.39, 0.29) is 6.61 Å². The van der Waals surface area contributed by atoms with E-state index in [4.69, 9.17) is 30.0 Å². The highest BCUT2D eigenvalue weighted by atomic mass is 16.5. The summed E-state index contributed by atoms with van der Waals surface area (Å²) in [5, 5.41) is 15.8. The standard InChI is InChI=1S/C26H28N6O5/c1-32-13-17(16-5-4-15(35-2)10-21(16)32)19-6-9-28-24(29-19)30-20-11-18(27)22(12-23(20)36-3)37-14-26(7-8-26)31-25(33)34/h4-6,9-13,31H,7-8,14,27H2,1-3H3,(H,33,34)(H,28,29,30). The van der Waals surface area contributed by atoms with Crippen LogP contribution in [-0.2, 0) is 7.05 Å². The Kier molecular flexibility index (Phi) is 6.12. The number of fused-ring (bicyclic) bond motifs is 1. The Morgan fingerprint density at radius 3 is 2.68 bits per heavy atom. The SMILES string of the molecule is COc1ccc2c(-c3ccnc(Nc4cc(N)c(OCC5(NC(=O)O)CC5)cc4OC)n3)cn(C)c2c1. The molecule has 0 unspecified atom stereocenters. The third kappa shape index (κ3) is 4.88. The van der Waals surface area contributed by atoms with Gasteiger partial charge in [-0.3, -0.25) is 0 Å². The minimum atomic E-state index is -1.07. The fraction of sp³-hybridized carbons (Fsp3) is 0.269. The van der Waals surface area contributed by atoms with Gasteiger partial charge in [-0.25, -0.2) is 14.8 Å². The van der Waals surface area contributed by atoms with Gasteiger partial charge in [0.2, 0.25) is 5.95 Å². The number of methoxy groups -OCH3 is 2. The molecule has 1 aliphatic rings. The molecule has 1 saturated carbocycles. The number of benzene rings is 2. The molecule has 0 saturated heterocycles. The van der Waals surface area contributed by atoms with Crippen LogP contribution in [0.5, 0.6) is 17.2 Å². The molecule has 2 aromatic heterocycles. The number of hydrogen-bond donors (Lipinski definition) is 4. The van der Waals surface area contributed by atoms with Crippen LogP contribution >= 0.6 is 0 Å². The zero-order valence-corrected chi connectivity index (χ0v) is 20.7. The number of nitrogens with one attached hydrogen (secondary N) is 2. The quantitative estimate of drug-likeness (QED) is 0.247. The van der Waals surface area contributed by atoms with Crippen molar-refractivity contribution >= 4 is 34.3 Å². The lowest BCUT2D eigenvalue weighted by molar-refractivity contribution is 0.177. The molecule has 192 valence electrons. The van der Waals surface area contributed by atoms with Gasteiger partial charge in [0.05, 0.1) is 42.3 Å². The number of carboxylic acid groups (broad SMARTS) is 1. The van der Waals surface area contributed by atoms with Gasteiger partial charge < -0.3 is 40.3 Å². The second kappa shape index (κ2) is 9.41. The Morgan fingerprint density at radius 1 is 1.16 bits per heavy atom. The number of aryl methyl sites for hydroxylation is 1. The van der Waals surface area contributed by atoms with Crippen LogP contribution in [0, 0.1) is 0 Å². The highest BCUT2D eigenvalue weighted by Gasteiger charge is 2.45. The molecule has 1 aliphatic carbocycles. The number of nitrogen functional groups attached to an aromatic ring is 1. The average Bonchev–Trinajstić information content (AvgIpc) is 3.56. The van der Waals surface area contributed by atoms with E-state index in [9.17, 15) is 4.79 Å². The number of hydrogen-bond acceptors (Lipinski definition) is 8. The Labute approximate surface area is 213 Å². The monoisotopic (exact) mass is 504 g/mol. The number of aromatic nitrogens is 3. The Hall–Kier alpha value is -4.67. The van der Waals surface area contributed by atoms with Crippen molar-refractivity contribution < 1.29 is 24.1 Å². The van der Waals surface area contributed by atoms with E-state index < -0.39 is 11.6 Å². The van der Waals surface area contributed by atoms with Crippen LogP contribution in [0.25, 0.3) is 22.2 Å². The van der Waals surface area contributed by atoms with Gasteiger partial charge in [0.1, 0.15) is 23.9 Å². The van der Waals surface area contributed by atoms with E-state index >= 15 is 0 Å². The highest BCUT2D eigenvalue weighted by molar-refractivity contribution is 5.96. The predicted molar refractivity (Wildman–Crippen MR) is 140 cm³/mol. The average molecular weight is 505 g/mol. The zero-order chi connectivity index (χ0) is 26.2. The van der Waals surface area contributed by atoms with E-state index in [0.717, 1.165) is 27.9 Å². The molecule has 2 aromatic carbocycles. The van der Waals surface area contributed by atoms with Crippen molar-refractivity contribution in [3.8, 4) is 28.5 Å². The summed E-state index contributed by atoms with van der Waals surface area (Å²) >= 11 is 0. The lowest BCUT2D eigenvalue weighted by atomic mass is 10.1. The molecule has 37 heavy (non-hydrogen) atoms. The predicted octanol–water partition coefficient (Wildman–Crippen LogP) is 4.16. The fourth-order valence-electron chi connectivity index (χ4n) is 4.25. The maximum absolute atomic E-state index is 11.0. The van der Waals surface area contributed by atoms with Gasteiger partial charge in [0, 0.05) is 42.5 Å². The molecular formula is C26H28N6O5. The summed E-state index contributed by atoms with van der Waals surface area (Å²) in [7, 11) is 5.16. The molecule has 0 radical (unpaired) electrons. The number of anilines is 3. The molecule has 1 fully saturated rings. The first-order valence-corrected chi connectivity index (χ1v) is 11.7. The number of nitrogens with zero attached hydrogens (tertiary/aromatic N) is 3. The molecule has 0 spiro atoms. The molecule has 5 N–H and O–H groups in total. The molecule has 2 heterocycles. The van der Waals surface area contributed by atoms with E-state index in [1.54, 1.807) is 25.4 Å². The lowest BCUT2D eigenvalue weighted by Crippen LogP contribution is -2.40. The maximum Gasteiger partial charge on any atom is 0.405 e. The van der Waals surface area contributed by atoms with Crippen LogP contribution in [0.2, 0.25) is 0 Å². The molecule has 0 aliphatic heterocycles. The third-order valence-electron chi connectivity index (χ3n) is 6.44. The number of nitrogens with two attached hydrogens (primary N) is 1. The lowest BCUT2D eigenvalue weighted by Gasteiger charge is -2.19. The Balaban J connectivity index is 1.39. The summed E-state index contributed by atoms with van der Waals surface area (Å²) in [6.45, 7) is 0.182. The van der Waals surface area contributed by atoms with Crippen molar-refractivity contribution in [2.45, 2.75) is 18.4 Å². The first kappa shape index (κ1) is 24.0. The van der Waals surface area contributed by atoms with E-state index in [1.807, 2.05) is 42.1 Å².